The van der Waals surface area contributed by atoms with Gasteiger partial charge < -0.3 is 5.32 Å². The second-order valence-electron chi connectivity index (χ2n) is 4.49. The highest BCUT2D eigenvalue weighted by molar-refractivity contribution is 4.79. The van der Waals surface area contributed by atoms with Gasteiger partial charge in [-0.1, -0.05) is 39.5 Å². The first-order valence-corrected chi connectivity index (χ1v) is 5.99. The van der Waals surface area contributed by atoms with Crippen LogP contribution >= 0.6 is 0 Å². The van der Waals surface area contributed by atoms with Crippen molar-refractivity contribution >= 4 is 0 Å². The Balaban J connectivity index is 2.21. The van der Waals surface area contributed by atoms with Crippen LogP contribution in [0.15, 0.2) is 0 Å². The van der Waals surface area contributed by atoms with E-state index in [0.29, 0.717) is 0 Å². The standard InChI is InChI=1S/C12H25N/c1-4-11(5-2)12(13-3)9-8-10-6-7-10/h10-13H,4-9H2,1-3H3. The van der Waals surface area contributed by atoms with Crippen molar-refractivity contribution in [2.75, 3.05) is 7.05 Å². The minimum atomic E-state index is 0.774. The second-order valence-corrected chi connectivity index (χ2v) is 4.49. The predicted molar refractivity (Wildman–Crippen MR) is 58.9 cm³/mol. The van der Waals surface area contributed by atoms with Crippen molar-refractivity contribution in [2.24, 2.45) is 11.8 Å². The molecule has 1 aliphatic rings. The minimum Gasteiger partial charge on any atom is -0.317 e. The average Bonchev–Trinajstić information content (AvgIpc) is 2.96. The van der Waals surface area contributed by atoms with Gasteiger partial charge in [-0.2, -0.15) is 0 Å². The van der Waals surface area contributed by atoms with Crippen LogP contribution in [0.4, 0.5) is 0 Å². The van der Waals surface area contributed by atoms with E-state index in [9.17, 15) is 0 Å². The van der Waals surface area contributed by atoms with Gasteiger partial charge >= 0.3 is 0 Å². The van der Waals surface area contributed by atoms with Crippen LogP contribution in [-0.4, -0.2) is 13.1 Å². The van der Waals surface area contributed by atoms with E-state index in [1.807, 2.05) is 0 Å². The molecule has 78 valence electrons. The summed E-state index contributed by atoms with van der Waals surface area (Å²) < 4.78 is 0. The summed E-state index contributed by atoms with van der Waals surface area (Å²) in [7, 11) is 2.12. The highest BCUT2D eigenvalue weighted by Gasteiger charge is 2.24. The van der Waals surface area contributed by atoms with Crippen LogP contribution in [0.1, 0.15) is 52.4 Å². The largest absolute Gasteiger partial charge is 0.317 e. The quantitative estimate of drug-likeness (QED) is 0.639. The first-order valence-electron chi connectivity index (χ1n) is 5.99. The van der Waals surface area contributed by atoms with Gasteiger partial charge in [-0.3, -0.25) is 0 Å². The Morgan fingerprint density at radius 2 is 1.85 bits per heavy atom. The molecule has 0 aromatic heterocycles. The zero-order chi connectivity index (χ0) is 9.68. The summed E-state index contributed by atoms with van der Waals surface area (Å²) >= 11 is 0. The fraction of sp³-hybridized carbons (Fsp3) is 1.00. The molecule has 0 aromatic carbocycles. The monoisotopic (exact) mass is 183 g/mol. The maximum absolute atomic E-state index is 3.49. The van der Waals surface area contributed by atoms with Crippen LogP contribution in [0.3, 0.4) is 0 Å². The molecule has 0 radical (unpaired) electrons. The fourth-order valence-corrected chi connectivity index (χ4v) is 2.30. The molecule has 0 bridgehead atoms. The summed E-state index contributed by atoms with van der Waals surface area (Å²) in [6.45, 7) is 4.63. The van der Waals surface area contributed by atoms with E-state index in [1.165, 1.54) is 38.5 Å². The number of rotatable bonds is 7. The van der Waals surface area contributed by atoms with Crippen LogP contribution < -0.4 is 5.32 Å². The molecular weight excluding hydrogens is 158 g/mol. The molecule has 1 rings (SSSR count). The molecular formula is C12H25N. The van der Waals surface area contributed by atoms with E-state index in [4.69, 9.17) is 0 Å². The third kappa shape index (κ3) is 3.68. The summed E-state index contributed by atoms with van der Waals surface area (Å²) in [5.41, 5.74) is 0. The molecule has 1 aliphatic carbocycles. The number of hydrogen-bond acceptors (Lipinski definition) is 1. The Hall–Kier alpha value is -0.0400. The Labute approximate surface area is 83.3 Å². The van der Waals surface area contributed by atoms with Gasteiger partial charge in [-0.05, 0) is 31.7 Å². The summed E-state index contributed by atoms with van der Waals surface area (Å²) in [6.07, 6.45) is 8.51. The lowest BCUT2D eigenvalue weighted by atomic mass is 9.90. The van der Waals surface area contributed by atoms with Gasteiger partial charge in [0.25, 0.3) is 0 Å². The molecule has 1 nitrogen and oxygen atoms in total. The van der Waals surface area contributed by atoms with E-state index in [-0.39, 0.29) is 0 Å². The third-order valence-electron chi connectivity index (χ3n) is 3.57. The van der Waals surface area contributed by atoms with E-state index in [2.05, 4.69) is 26.2 Å². The Morgan fingerprint density at radius 1 is 1.23 bits per heavy atom. The first-order chi connectivity index (χ1) is 6.31. The van der Waals surface area contributed by atoms with Gasteiger partial charge in [0.2, 0.25) is 0 Å². The average molecular weight is 183 g/mol. The smallest absolute Gasteiger partial charge is 0.00922 e. The molecule has 0 amide bonds. The number of nitrogens with one attached hydrogen (secondary N) is 1. The van der Waals surface area contributed by atoms with Crippen LogP contribution in [0, 0.1) is 11.8 Å². The Kier molecular flexibility index (Phi) is 4.79. The lowest BCUT2D eigenvalue weighted by Gasteiger charge is -2.24. The molecule has 1 unspecified atom stereocenters. The molecule has 1 heteroatoms. The van der Waals surface area contributed by atoms with Crippen LogP contribution in [0.5, 0.6) is 0 Å². The van der Waals surface area contributed by atoms with Gasteiger partial charge in [-0.25, -0.2) is 0 Å². The van der Waals surface area contributed by atoms with Gasteiger partial charge in [0.05, 0.1) is 0 Å². The van der Waals surface area contributed by atoms with Gasteiger partial charge in [0.1, 0.15) is 0 Å². The number of hydrogen-bond donors (Lipinski definition) is 1. The van der Waals surface area contributed by atoms with Crippen molar-refractivity contribution in [3.63, 3.8) is 0 Å². The SMILES string of the molecule is CCC(CC)C(CCC1CC1)NC. The van der Waals surface area contributed by atoms with Crippen LogP contribution in [0.2, 0.25) is 0 Å². The first kappa shape index (κ1) is 11.0. The molecule has 13 heavy (non-hydrogen) atoms. The van der Waals surface area contributed by atoms with Crippen molar-refractivity contribution < 1.29 is 0 Å². The van der Waals surface area contributed by atoms with Crippen molar-refractivity contribution in [3.05, 3.63) is 0 Å². The van der Waals surface area contributed by atoms with E-state index >= 15 is 0 Å². The zero-order valence-electron chi connectivity index (χ0n) is 9.47. The topological polar surface area (TPSA) is 12.0 Å². The van der Waals surface area contributed by atoms with E-state index < -0.39 is 0 Å². The van der Waals surface area contributed by atoms with Crippen molar-refractivity contribution in [1.29, 1.82) is 0 Å². The van der Waals surface area contributed by atoms with Crippen LogP contribution in [0.25, 0.3) is 0 Å². The molecule has 1 atom stereocenters. The van der Waals surface area contributed by atoms with E-state index in [0.717, 1.165) is 17.9 Å². The second kappa shape index (κ2) is 5.64. The molecule has 1 saturated carbocycles. The molecule has 1 N–H and O–H groups in total. The maximum atomic E-state index is 3.49. The Morgan fingerprint density at radius 3 is 2.23 bits per heavy atom. The summed E-state index contributed by atoms with van der Waals surface area (Å²) in [6, 6.07) is 0.774. The molecule has 0 spiro atoms. The lowest BCUT2D eigenvalue weighted by Crippen LogP contribution is -2.33. The highest BCUT2D eigenvalue weighted by Crippen LogP contribution is 2.34. The predicted octanol–water partition coefficient (Wildman–Crippen LogP) is 3.20. The van der Waals surface area contributed by atoms with Crippen molar-refractivity contribution in [2.45, 2.75) is 58.4 Å². The van der Waals surface area contributed by atoms with E-state index in [1.54, 1.807) is 0 Å². The maximum Gasteiger partial charge on any atom is 0.00922 e. The molecule has 0 heterocycles. The molecule has 0 saturated heterocycles. The fourth-order valence-electron chi connectivity index (χ4n) is 2.30. The lowest BCUT2D eigenvalue weighted by molar-refractivity contribution is 0.324. The normalized spacial score (nSPS) is 19.4. The molecule has 1 fully saturated rings. The summed E-state index contributed by atoms with van der Waals surface area (Å²) in [5.74, 6) is 1.98. The zero-order valence-corrected chi connectivity index (χ0v) is 9.47. The minimum absolute atomic E-state index is 0.774. The van der Waals surface area contributed by atoms with Gasteiger partial charge in [0.15, 0.2) is 0 Å². The third-order valence-corrected chi connectivity index (χ3v) is 3.57. The molecule has 0 aliphatic heterocycles. The summed E-state index contributed by atoms with van der Waals surface area (Å²) in [5, 5.41) is 3.49. The van der Waals surface area contributed by atoms with Crippen molar-refractivity contribution in [3.8, 4) is 0 Å². The Bertz CT molecular complexity index is 125. The summed E-state index contributed by atoms with van der Waals surface area (Å²) in [4.78, 5) is 0. The van der Waals surface area contributed by atoms with Gasteiger partial charge in [0, 0.05) is 6.04 Å². The molecule has 0 aromatic rings. The van der Waals surface area contributed by atoms with Crippen molar-refractivity contribution in [1.82, 2.24) is 5.32 Å². The van der Waals surface area contributed by atoms with Gasteiger partial charge in [-0.15, -0.1) is 0 Å². The van der Waals surface area contributed by atoms with Crippen LogP contribution in [-0.2, 0) is 0 Å². The highest BCUT2D eigenvalue weighted by atomic mass is 14.9.